The zero-order valence-corrected chi connectivity index (χ0v) is 12.1. The van der Waals surface area contributed by atoms with Crippen LogP contribution in [-0.2, 0) is 6.54 Å². The largest absolute Gasteiger partial charge is 0.459 e. The van der Waals surface area contributed by atoms with Gasteiger partial charge in [-0.15, -0.1) is 0 Å². The van der Waals surface area contributed by atoms with E-state index in [1.54, 1.807) is 0 Å². The van der Waals surface area contributed by atoms with Crippen molar-refractivity contribution in [1.29, 1.82) is 0 Å². The molecular formula is C16H22N2O. The maximum atomic E-state index is 5.96. The fourth-order valence-corrected chi connectivity index (χ4v) is 2.11. The highest BCUT2D eigenvalue weighted by Gasteiger charge is 2.12. The molecule has 1 unspecified atom stereocenters. The third-order valence-electron chi connectivity index (χ3n) is 3.26. The number of benzene rings is 1. The molecule has 0 bridgehead atoms. The lowest BCUT2D eigenvalue weighted by molar-refractivity contribution is 0.402. The predicted molar refractivity (Wildman–Crippen MR) is 79.0 cm³/mol. The van der Waals surface area contributed by atoms with Crippen LogP contribution in [0.1, 0.15) is 24.3 Å². The first-order valence-electron chi connectivity index (χ1n) is 6.62. The maximum absolute atomic E-state index is 5.96. The van der Waals surface area contributed by atoms with E-state index in [1.165, 1.54) is 11.1 Å². The van der Waals surface area contributed by atoms with E-state index >= 15 is 0 Å². The van der Waals surface area contributed by atoms with Crippen molar-refractivity contribution >= 4 is 0 Å². The molecule has 0 saturated heterocycles. The molecule has 1 aromatic heterocycles. The molecule has 1 atom stereocenters. The standard InChI is InChI=1S/C16H22N2O/c1-12(17-2)15-9-10-16(19-15)14-8-6-5-7-13(14)11-18(3)4/h5-10,12,17H,11H2,1-4H3. The first-order chi connectivity index (χ1) is 9.11. The average molecular weight is 258 g/mol. The van der Waals surface area contributed by atoms with Gasteiger partial charge in [0.2, 0.25) is 0 Å². The van der Waals surface area contributed by atoms with Gasteiger partial charge in [-0.2, -0.15) is 0 Å². The van der Waals surface area contributed by atoms with Gasteiger partial charge in [0, 0.05) is 12.1 Å². The van der Waals surface area contributed by atoms with Crippen LogP contribution in [0.3, 0.4) is 0 Å². The summed E-state index contributed by atoms with van der Waals surface area (Å²) in [5, 5.41) is 3.19. The Kier molecular flexibility index (Phi) is 4.40. The molecule has 19 heavy (non-hydrogen) atoms. The summed E-state index contributed by atoms with van der Waals surface area (Å²) in [5.41, 5.74) is 2.45. The van der Waals surface area contributed by atoms with Crippen LogP contribution in [0.15, 0.2) is 40.8 Å². The van der Waals surface area contributed by atoms with E-state index in [1.807, 2.05) is 13.1 Å². The van der Waals surface area contributed by atoms with Crippen molar-refractivity contribution < 1.29 is 4.42 Å². The Hall–Kier alpha value is -1.58. The van der Waals surface area contributed by atoms with Gasteiger partial charge in [-0.1, -0.05) is 24.3 Å². The minimum atomic E-state index is 0.231. The lowest BCUT2D eigenvalue weighted by atomic mass is 10.1. The number of hydrogen-bond acceptors (Lipinski definition) is 3. The van der Waals surface area contributed by atoms with Gasteiger partial charge >= 0.3 is 0 Å². The van der Waals surface area contributed by atoms with Crippen LogP contribution in [-0.4, -0.2) is 26.0 Å². The summed E-state index contributed by atoms with van der Waals surface area (Å²) in [6.07, 6.45) is 0. The Labute approximate surface area is 115 Å². The van der Waals surface area contributed by atoms with Crippen molar-refractivity contribution in [2.75, 3.05) is 21.1 Å². The Morgan fingerprint density at radius 2 is 1.89 bits per heavy atom. The molecule has 2 aromatic rings. The first kappa shape index (κ1) is 13.8. The zero-order valence-electron chi connectivity index (χ0n) is 12.1. The quantitative estimate of drug-likeness (QED) is 0.892. The molecule has 0 spiro atoms. The van der Waals surface area contributed by atoms with Crippen molar-refractivity contribution in [2.45, 2.75) is 19.5 Å². The summed E-state index contributed by atoms with van der Waals surface area (Å²) in [4.78, 5) is 2.17. The summed E-state index contributed by atoms with van der Waals surface area (Å²) in [6, 6.07) is 12.7. The van der Waals surface area contributed by atoms with Crippen LogP contribution < -0.4 is 5.32 Å². The molecule has 0 aliphatic heterocycles. The molecule has 3 nitrogen and oxygen atoms in total. The summed E-state index contributed by atoms with van der Waals surface area (Å²) >= 11 is 0. The van der Waals surface area contributed by atoms with E-state index in [-0.39, 0.29) is 6.04 Å². The summed E-state index contributed by atoms with van der Waals surface area (Å²) in [7, 11) is 6.09. The molecule has 0 aliphatic carbocycles. The molecule has 1 N–H and O–H groups in total. The topological polar surface area (TPSA) is 28.4 Å². The fraction of sp³-hybridized carbons (Fsp3) is 0.375. The van der Waals surface area contributed by atoms with Gasteiger partial charge in [0.15, 0.2) is 0 Å². The van der Waals surface area contributed by atoms with E-state index < -0.39 is 0 Å². The van der Waals surface area contributed by atoms with Gasteiger partial charge in [-0.25, -0.2) is 0 Å². The van der Waals surface area contributed by atoms with Crippen LogP contribution in [0.25, 0.3) is 11.3 Å². The lowest BCUT2D eigenvalue weighted by Crippen LogP contribution is -2.11. The highest BCUT2D eigenvalue weighted by atomic mass is 16.3. The zero-order chi connectivity index (χ0) is 13.8. The van der Waals surface area contributed by atoms with E-state index in [2.05, 4.69) is 61.6 Å². The molecule has 0 amide bonds. The molecule has 0 radical (unpaired) electrons. The molecule has 1 heterocycles. The molecule has 0 fully saturated rings. The van der Waals surface area contributed by atoms with E-state index in [0.717, 1.165) is 18.1 Å². The smallest absolute Gasteiger partial charge is 0.134 e. The van der Waals surface area contributed by atoms with Gasteiger partial charge in [-0.3, -0.25) is 0 Å². The molecule has 0 saturated carbocycles. The first-order valence-corrected chi connectivity index (χ1v) is 6.62. The summed E-state index contributed by atoms with van der Waals surface area (Å²) in [5.74, 6) is 1.91. The highest BCUT2D eigenvalue weighted by Crippen LogP contribution is 2.28. The van der Waals surface area contributed by atoms with E-state index in [9.17, 15) is 0 Å². The van der Waals surface area contributed by atoms with Gasteiger partial charge in [-0.05, 0) is 45.8 Å². The van der Waals surface area contributed by atoms with Crippen molar-refractivity contribution in [1.82, 2.24) is 10.2 Å². The summed E-state index contributed by atoms with van der Waals surface area (Å²) in [6.45, 7) is 3.00. The predicted octanol–water partition coefficient (Wildman–Crippen LogP) is 3.29. The number of hydrogen-bond donors (Lipinski definition) is 1. The van der Waals surface area contributed by atoms with Crippen molar-refractivity contribution in [3.63, 3.8) is 0 Å². The molecule has 1 aromatic carbocycles. The van der Waals surface area contributed by atoms with Gasteiger partial charge in [0.1, 0.15) is 11.5 Å². The average Bonchev–Trinajstić information content (AvgIpc) is 2.87. The van der Waals surface area contributed by atoms with Gasteiger partial charge < -0.3 is 14.6 Å². The minimum absolute atomic E-state index is 0.231. The second-order valence-corrected chi connectivity index (χ2v) is 5.11. The Balaban J connectivity index is 2.33. The normalized spacial score (nSPS) is 12.9. The maximum Gasteiger partial charge on any atom is 0.134 e. The number of nitrogens with one attached hydrogen (secondary N) is 1. The third-order valence-corrected chi connectivity index (χ3v) is 3.26. The van der Waals surface area contributed by atoms with Crippen molar-refractivity contribution in [3.05, 3.63) is 47.7 Å². The third kappa shape index (κ3) is 3.25. The Morgan fingerprint density at radius 1 is 1.16 bits per heavy atom. The minimum Gasteiger partial charge on any atom is -0.459 e. The Morgan fingerprint density at radius 3 is 2.58 bits per heavy atom. The van der Waals surface area contributed by atoms with Crippen molar-refractivity contribution in [2.24, 2.45) is 0 Å². The number of furan rings is 1. The van der Waals surface area contributed by atoms with E-state index in [0.29, 0.717) is 0 Å². The van der Waals surface area contributed by atoms with Crippen molar-refractivity contribution in [3.8, 4) is 11.3 Å². The fourth-order valence-electron chi connectivity index (χ4n) is 2.11. The van der Waals surface area contributed by atoms with E-state index in [4.69, 9.17) is 4.42 Å². The molecule has 102 valence electrons. The molecular weight excluding hydrogens is 236 g/mol. The van der Waals surface area contributed by atoms with Gasteiger partial charge in [0.05, 0.1) is 6.04 Å². The van der Waals surface area contributed by atoms with Crippen LogP contribution in [0.4, 0.5) is 0 Å². The van der Waals surface area contributed by atoms with Gasteiger partial charge in [0.25, 0.3) is 0 Å². The monoisotopic (exact) mass is 258 g/mol. The number of rotatable bonds is 5. The number of nitrogens with zero attached hydrogens (tertiary/aromatic N) is 1. The Bertz CT molecular complexity index is 531. The second-order valence-electron chi connectivity index (χ2n) is 5.11. The van der Waals surface area contributed by atoms with Crippen LogP contribution in [0.2, 0.25) is 0 Å². The molecule has 0 aliphatic rings. The molecule has 2 rings (SSSR count). The van der Waals surface area contributed by atoms with Crippen LogP contribution in [0, 0.1) is 0 Å². The highest BCUT2D eigenvalue weighted by molar-refractivity contribution is 5.62. The van der Waals surface area contributed by atoms with Crippen LogP contribution in [0.5, 0.6) is 0 Å². The SMILES string of the molecule is CNC(C)c1ccc(-c2ccccc2CN(C)C)o1. The second kappa shape index (κ2) is 6.04. The molecule has 3 heteroatoms. The summed E-state index contributed by atoms with van der Waals surface area (Å²) < 4.78 is 5.96. The lowest BCUT2D eigenvalue weighted by Gasteiger charge is -2.13. The van der Waals surface area contributed by atoms with Crippen LogP contribution >= 0.6 is 0 Å².